The molecule has 4 aromatic rings. The molecule has 0 radical (unpaired) electrons. The Kier molecular flexibility index (Phi) is 3.27. The summed E-state index contributed by atoms with van der Waals surface area (Å²) < 4.78 is 0. The van der Waals surface area contributed by atoms with Crippen LogP contribution in [0.15, 0.2) is 48.9 Å². The third-order valence-electron chi connectivity index (χ3n) is 4.25. The van der Waals surface area contributed by atoms with E-state index in [0.717, 1.165) is 27.8 Å². The summed E-state index contributed by atoms with van der Waals surface area (Å²) in [6.07, 6.45) is 3.22. The molecule has 2 aromatic heterocycles. The Hall–Kier alpha value is -3.21. The molecule has 0 saturated carbocycles. The smallest absolute Gasteiger partial charge is 0.141 e. The highest BCUT2D eigenvalue weighted by molar-refractivity contribution is 5.99. The summed E-state index contributed by atoms with van der Waals surface area (Å²) in [6, 6.07) is 11.4. The molecule has 2 heterocycles. The summed E-state index contributed by atoms with van der Waals surface area (Å²) in [5, 5.41) is 15.2. The summed E-state index contributed by atoms with van der Waals surface area (Å²) in [5.41, 5.74) is 4.70. The lowest BCUT2D eigenvalue weighted by Crippen LogP contribution is -1.98. The highest BCUT2D eigenvalue weighted by Gasteiger charge is 2.10. The van der Waals surface area contributed by atoms with Crippen molar-refractivity contribution >= 4 is 33.3 Å². The van der Waals surface area contributed by atoms with Gasteiger partial charge in [0, 0.05) is 22.7 Å². The first-order valence-electron chi connectivity index (χ1n) is 7.69. The number of aryl methyl sites for hydroxylation is 2. The number of nitrogens with one attached hydrogen (secondary N) is 1. The van der Waals surface area contributed by atoms with Crippen LogP contribution in [0, 0.1) is 13.8 Å². The van der Waals surface area contributed by atoms with Gasteiger partial charge in [-0.15, -0.1) is 0 Å². The van der Waals surface area contributed by atoms with E-state index in [1.807, 2.05) is 18.2 Å². The molecule has 0 aliphatic rings. The molecule has 0 bridgehead atoms. The highest BCUT2D eigenvalue weighted by atomic mass is 16.3. The second-order valence-electron chi connectivity index (χ2n) is 5.83. The van der Waals surface area contributed by atoms with Crippen molar-refractivity contribution in [3.8, 4) is 5.75 Å². The van der Waals surface area contributed by atoms with Crippen molar-refractivity contribution in [3.05, 3.63) is 60.0 Å². The van der Waals surface area contributed by atoms with Gasteiger partial charge in [-0.05, 0) is 61.4 Å². The number of fused-ring (bicyclic) bond motifs is 2. The quantitative estimate of drug-likeness (QED) is 0.541. The third kappa shape index (κ3) is 2.31. The summed E-state index contributed by atoms with van der Waals surface area (Å²) in [4.78, 5) is 13.0. The fourth-order valence-corrected chi connectivity index (χ4v) is 2.81. The number of rotatable bonds is 2. The first kappa shape index (κ1) is 14.4. The molecule has 4 rings (SSSR count). The Morgan fingerprint density at radius 3 is 2.62 bits per heavy atom. The highest BCUT2D eigenvalue weighted by Crippen LogP contribution is 2.32. The van der Waals surface area contributed by atoms with Gasteiger partial charge in [0.05, 0.1) is 5.52 Å². The van der Waals surface area contributed by atoms with Crippen LogP contribution < -0.4 is 5.32 Å². The lowest BCUT2D eigenvalue weighted by atomic mass is 10.1. The van der Waals surface area contributed by atoms with Crippen LogP contribution in [-0.4, -0.2) is 20.1 Å². The lowest BCUT2D eigenvalue weighted by Gasteiger charge is -2.12. The molecule has 2 N–H and O–H groups in total. The molecule has 0 spiro atoms. The number of hydrogen-bond donors (Lipinski definition) is 2. The van der Waals surface area contributed by atoms with Gasteiger partial charge in [0.1, 0.15) is 23.4 Å². The lowest BCUT2D eigenvalue weighted by molar-refractivity contribution is 0.480. The molecule has 24 heavy (non-hydrogen) atoms. The molecule has 0 aliphatic heterocycles. The van der Waals surface area contributed by atoms with Crippen molar-refractivity contribution < 1.29 is 5.11 Å². The number of aromatic nitrogens is 3. The van der Waals surface area contributed by atoms with E-state index in [-0.39, 0.29) is 5.75 Å². The largest absolute Gasteiger partial charge is 0.506 e. The Bertz CT molecular complexity index is 1080. The van der Waals surface area contributed by atoms with Gasteiger partial charge in [-0.1, -0.05) is 0 Å². The van der Waals surface area contributed by atoms with E-state index < -0.39 is 0 Å². The summed E-state index contributed by atoms with van der Waals surface area (Å²) in [5.74, 6) is 0.897. The number of benzene rings is 2. The van der Waals surface area contributed by atoms with Crippen LogP contribution in [0.1, 0.15) is 11.1 Å². The predicted octanol–water partition coefficient (Wildman–Crippen LogP) is 4.24. The first-order valence-corrected chi connectivity index (χ1v) is 7.69. The van der Waals surface area contributed by atoms with Gasteiger partial charge in [-0.25, -0.2) is 9.97 Å². The van der Waals surface area contributed by atoms with Gasteiger partial charge in [-0.2, -0.15) is 0 Å². The van der Waals surface area contributed by atoms with E-state index in [9.17, 15) is 5.11 Å². The van der Waals surface area contributed by atoms with Crippen molar-refractivity contribution in [2.24, 2.45) is 0 Å². The Morgan fingerprint density at radius 2 is 1.75 bits per heavy atom. The fourth-order valence-electron chi connectivity index (χ4n) is 2.81. The minimum Gasteiger partial charge on any atom is -0.506 e. The van der Waals surface area contributed by atoms with Crippen molar-refractivity contribution in [2.75, 3.05) is 5.32 Å². The van der Waals surface area contributed by atoms with Gasteiger partial charge in [0.25, 0.3) is 0 Å². The van der Waals surface area contributed by atoms with Crippen LogP contribution in [0.4, 0.5) is 11.5 Å². The van der Waals surface area contributed by atoms with Gasteiger partial charge < -0.3 is 10.4 Å². The average Bonchev–Trinajstić information content (AvgIpc) is 2.59. The van der Waals surface area contributed by atoms with E-state index in [4.69, 9.17) is 0 Å². The summed E-state index contributed by atoms with van der Waals surface area (Å²) in [6.45, 7) is 4.15. The van der Waals surface area contributed by atoms with E-state index >= 15 is 0 Å². The van der Waals surface area contributed by atoms with Crippen LogP contribution in [0.3, 0.4) is 0 Å². The fraction of sp³-hybridized carbons (Fsp3) is 0.105. The minimum atomic E-state index is 0.162. The maximum Gasteiger partial charge on any atom is 0.141 e. The van der Waals surface area contributed by atoms with E-state index in [1.54, 1.807) is 18.6 Å². The monoisotopic (exact) mass is 316 g/mol. The van der Waals surface area contributed by atoms with E-state index in [2.05, 4.69) is 46.2 Å². The van der Waals surface area contributed by atoms with Crippen LogP contribution in [0.5, 0.6) is 5.75 Å². The predicted molar refractivity (Wildman–Crippen MR) is 95.7 cm³/mol. The molecule has 118 valence electrons. The van der Waals surface area contributed by atoms with Crippen LogP contribution >= 0.6 is 0 Å². The molecule has 0 saturated heterocycles. The standard InChI is InChI=1S/C19H16N4O/c1-11-8-14-16(9-12(11)2)21-10-22-19(14)23-15-5-6-17(24)18-13(15)4-3-7-20-18/h3-10,24H,1-2H3,(H,21,22,23). The molecule has 0 unspecified atom stereocenters. The molecule has 5 nitrogen and oxygen atoms in total. The number of nitrogens with zero attached hydrogens (tertiary/aromatic N) is 3. The second kappa shape index (κ2) is 5.45. The van der Waals surface area contributed by atoms with Crippen molar-refractivity contribution in [3.63, 3.8) is 0 Å². The number of phenolic OH excluding ortho intramolecular Hbond substituents is 1. The molecule has 0 atom stereocenters. The van der Waals surface area contributed by atoms with Crippen LogP contribution in [-0.2, 0) is 0 Å². The topological polar surface area (TPSA) is 70.9 Å². The summed E-state index contributed by atoms with van der Waals surface area (Å²) >= 11 is 0. The molecule has 0 aliphatic carbocycles. The van der Waals surface area contributed by atoms with E-state index in [1.165, 1.54) is 11.1 Å². The van der Waals surface area contributed by atoms with Crippen molar-refractivity contribution in [1.29, 1.82) is 0 Å². The average molecular weight is 316 g/mol. The van der Waals surface area contributed by atoms with E-state index in [0.29, 0.717) is 5.52 Å². The Balaban J connectivity index is 1.89. The van der Waals surface area contributed by atoms with Gasteiger partial charge in [0.2, 0.25) is 0 Å². The maximum absolute atomic E-state index is 9.98. The number of anilines is 2. The van der Waals surface area contributed by atoms with Crippen molar-refractivity contribution in [1.82, 2.24) is 15.0 Å². The molecule has 0 amide bonds. The first-order chi connectivity index (χ1) is 11.6. The molecular formula is C19H16N4O. The van der Waals surface area contributed by atoms with Gasteiger partial charge in [-0.3, -0.25) is 4.98 Å². The van der Waals surface area contributed by atoms with Crippen LogP contribution in [0.25, 0.3) is 21.8 Å². The second-order valence-corrected chi connectivity index (χ2v) is 5.83. The number of hydrogen-bond acceptors (Lipinski definition) is 5. The molecule has 2 aromatic carbocycles. The third-order valence-corrected chi connectivity index (χ3v) is 4.25. The summed E-state index contributed by atoms with van der Waals surface area (Å²) in [7, 11) is 0. The minimum absolute atomic E-state index is 0.162. The van der Waals surface area contributed by atoms with Gasteiger partial charge >= 0.3 is 0 Å². The molecular weight excluding hydrogens is 300 g/mol. The number of aromatic hydroxyl groups is 1. The number of pyridine rings is 1. The zero-order valence-electron chi connectivity index (χ0n) is 13.4. The zero-order valence-corrected chi connectivity index (χ0v) is 13.4. The Labute approximate surface area is 139 Å². The molecule has 5 heteroatoms. The van der Waals surface area contributed by atoms with Crippen molar-refractivity contribution in [2.45, 2.75) is 13.8 Å². The van der Waals surface area contributed by atoms with Gasteiger partial charge in [0.15, 0.2) is 0 Å². The van der Waals surface area contributed by atoms with Crippen LogP contribution in [0.2, 0.25) is 0 Å². The maximum atomic E-state index is 9.98. The number of phenols is 1. The SMILES string of the molecule is Cc1cc2ncnc(Nc3ccc(O)c4ncccc34)c2cc1C. The normalized spacial score (nSPS) is 11.1. The zero-order chi connectivity index (χ0) is 16.7. The Morgan fingerprint density at radius 1 is 0.917 bits per heavy atom. The molecule has 0 fully saturated rings.